The van der Waals surface area contributed by atoms with Gasteiger partial charge in [0, 0.05) is 10.7 Å². The van der Waals surface area contributed by atoms with E-state index in [2.05, 4.69) is 9.69 Å². The number of nitrogens with zero attached hydrogens (tertiary/aromatic N) is 1. The van der Waals surface area contributed by atoms with E-state index in [-0.39, 0.29) is 5.97 Å². The summed E-state index contributed by atoms with van der Waals surface area (Å²) in [6, 6.07) is 5.57. The van der Waals surface area contributed by atoms with Gasteiger partial charge >= 0.3 is 5.97 Å². The van der Waals surface area contributed by atoms with Crippen molar-refractivity contribution in [3.05, 3.63) is 40.0 Å². The minimum Gasteiger partial charge on any atom is -0.462 e. The molecule has 6 heteroatoms. The first-order valence-electron chi connectivity index (χ1n) is 6.19. The maximum Gasteiger partial charge on any atom is 0.343 e. The molecule has 0 aliphatic heterocycles. The van der Waals surface area contributed by atoms with E-state index in [1.54, 1.807) is 13.8 Å². The number of hydrogen-bond donors (Lipinski definition) is 1. The number of aromatic nitrogens is 1. The van der Waals surface area contributed by atoms with Crippen molar-refractivity contribution in [2.45, 2.75) is 20.8 Å². The monoisotopic (exact) mass is 310 g/mol. The zero-order chi connectivity index (χ0) is 14.7. The van der Waals surface area contributed by atoms with Crippen molar-refractivity contribution in [1.82, 2.24) is 4.37 Å². The van der Waals surface area contributed by atoms with Gasteiger partial charge in [-0.05, 0) is 50.0 Å². The molecule has 0 aliphatic rings. The topological polar surface area (TPSA) is 51.2 Å². The fraction of sp³-hybridized carbons (Fsp3) is 0.286. The highest BCUT2D eigenvalue weighted by Crippen LogP contribution is 2.31. The van der Waals surface area contributed by atoms with Crippen LogP contribution in [-0.4, -0.2) is 16.9 Å². The number of ether oxygens (including phenoxy) is 1. The number of esters is 1. The molecule has 0 fully saturated rings. The number of rotatable bonds is 4. The van der Waals surface area contributed by atoms with Gasteiger partial charge in [0.05, 0.1) is 12.3 Å². The van der Waals surface area contributed by atoms with Crippen molar-refractivity contribution in [1.29, 1.82) is 0 Å². The number of benzene rings is 1. The molecule has 4 nitrogen and oxygen atoms in total. The Kier molecular flexibility index (Phi) is 4.62. The molecule has 0 atom stereocenters. The van der Waals surface area contributed by atoms with Crippen LogP contribution < -0.4 is 5.32 Å². The molecule has 1 aromatic carbocycles. The molecular weight excluding hydrogens is 296 g/mol. The van der Waals surface area contributed by atoms with E-state index >= 15 is 0 Å². The van der Waals surface area contributed by atoms with Gasteiger partial charge in [0.2, 0.25) is 0 Å². The Morgan fingerprint density at radius 1 is 1.45 bits per heavy atom. The van der Waals surface area contributed by atoms with Crippen LogP contribution in [0, 0.1) is 13.8 Å². The largest absolute Gasteiger partial charge is 0.462 e. The molecule has 1 heterocycles. The second-order valence-corrected chi connectivity index (χ2v) is 5.49. The summed E-state index contributed by atoms with van der Waals surface area (Å²) in [5.74, 6) is -0.360. The SMILES string of the molecule is CCOC(=O)c1c(C)nsc1Nc1cc(Cl)ccc1C. The van der Waals surface area contributed by atoms with Crippen LogP contribution in [0.15, 0.2) is 18.2 Å². The summed E-state index contributed by atoms with van der Waals surface area (Å²) >= 11 is 7.23. The Balaban J connectivity index is 2.34. The first-order chi connectivity index (χ1) is 9.52. The van der Waals surface area contributed by atoms with Crippen molar-refractivity contribution in [2.75, 3.05) is 11.9 Å². The standard InChI is InChI=1S/C14H15ClN2O2S/c1-4-19-14(18)12-9(3)17-20-13(12)16-11-7-10(15)6-5-8(11)2/h5-7,16H,4H2,1-3H3. The lowest BCUT2D eigenvalue weighted by molar-refractivity contribution is 0.0527. The number of carbonyl (C=O) groups is 1. The Hall–Kier alpha value is -1.59. The van der Waals surface area contributed by atoms with Crippen LogP contribution in [0.4, 0.5) is 10.7 Å². The smallest absolute Gasteiger partial charge is 0.343 e. The van der Waals surface area contributed by atoms with Gasteiger partial charge in [-0.25, -0.2) is 4.79 Å². The molecule has 0 unspecified atom stereocenters. The van der Waals surface area contributed by atoms with E-state index in [0.29, 0.717) is 27.9 Å². The minimum atomic E-state index is -0.360. The number of nitrogens with one attached hydrogen (secondary N) is 1. The normalized spacial score (nSPS) is 10.4. The number of halogens is 1. The minimum absolute atomic E-state index is 0.337. The van der Waals surface area contributed by atoms with E-state index < -0.39 is 0 Å². The maximum atomic E-state index is 12.0. The summed E-state index contributed by atoms with van der Waals surface area (Å²) in [7, 11) is 0. The molecule has 0 aliphatic carbocycles. The molecule has 1 aromatic heterocycles. The third-order valence-corrected chi connectivity index (χ3v) is 3.88. The number of anilines is 2. The van der Waals surface area contributed by atoms with Crippen LogP contribution in [0.25, 0.3) is 0 Å². The highest BCUT2D eigenvalue weighted by Gasteiger charge is 2.20. The molecule has 0 bridgehead atoms. The molecule has 0 amide bonds. The summed E-state index contributed by atoms with van der Waals surface area (Å²) < 4.78 is 9.27. The fourth-order valence-corrected chi connectivity index (χ4v) is 2.72. The van der Waals surface area contributed by atoms with E-state index in [9.17, 15) is 4.79 Å². The van der Waals surface area contributed by atoms with Crippen molar-refractivity contribution < 1.29 is 9.53 Å². The van der Waals surface area contributed by atoms with E-state index in [1.165, 1.54) is 11.5 Å². The molecule has 2 aromatic rings. The lowest BCUT2D eigenvalue weighted by atomic mass is 10.2. The number of aryl methyl sites for hydroxylation is 2. The molecular formula is C14H15ClN2O2S. The molecule has 0 saturated carbocycles. The first kappa shape index (κ1) is 14.8. The van der Waals surface area contributed by atoms with Crippen LogP contribution in [0.3, 0.4) is 0 Å². The van der Waals surface area contributed by atoms with E-state index in [1.807, 2.05) is 25.1 Å². The van der Waals surface area contributed by atoms with Crippen LogP contribution in [0.2, 0.25) is 5.02 Å². The summed E-state index contributed by atoms with van der Waals surface area (Å²) in [6.45, 7) is 5.88. The second kappa shape index (κ2) is 6.24. The average molecular weight is 311 g/mol. The highest BCUT2D eigenvalue weighted by atomic mass is 35.5. The van der Waals surface area contributed by atoms with Crippen LogP contribution in [-0.2, 0) is 4.74 Å². The summed E-state index contributed by atoms with van der Waals surface area (Å²) in [5, 5.41) is 4.52. The van der Waals surface area contributed by atoms with Gasteiger partial charge in [0.1, 0.15) is 10.6 Å². The first-order valence-corrected chi connectivity index (χ1v) is 7.34. The molecule has 0 spiro atoms. The zero-order valence-electron chi connectivity index (χ0n) is 11.5. The van der Waals surface area contributed by atoms with Crippen molar-refractivity contribution in [3.8, 4) is 0 Å². The highest BCUT2D eigenvalue weighted by molar-refractivity contribution is 7.10. The quantitative estimate of drug-likeness (QED) is 0.854. The molecule has 1 N–H and O–H groups in total. The number of hydrogen-bond acceptors (Lipinski definition) is 5. The molecule has 106 valence electrons. The van der Waals surface area contributed by atoms with Gasteiger partial charge in [-0.15, -0.1) is 0 Å². The van der Waals surface area contributed by atoms with Crippen LogP contribution in [0.1, 0.15) is 28.5 Å². The van der Waals surface area contributed by atoms with Gasteiger partial charge in [0.25, 0.3) is 0 Å². The molecule has 0 saturated heterocycles. The summed E-state index contributed by atoms with van der Waals surface area (Å²) in [4.78, 5) is 12.0. The predicted molar refractivity (Wildman–Crippen MR) is 82.3 cm³/mol. The molecule has 20 heavy (non-hydrogen) atoms. The third-order valence-electron chi connectivity index (χ3n) is 2.79. The second-order valence-electron chi connectivity index (χ2n) is 4.28. The lowest BCUT2D eigenvalue weighted by Crippen LogP contribution is -2.07. The Labute approximate surface area is 126 Å². The van der Waals surface area contributed by atoms with Crippen molar-refractivity contribution in [2.24, 2.45) is 0 Å². The van der Waals surface area contributed by atoms with E-state index in [0.717, 1.165) is 11.3 Å². The Morgan fingerprint density at radius 3 is 2.90 bits per heavy atom. The van der Waals surface area contributed by atoms with Crippen molar-refractivity contribution in [3.63, 3.8) is 0 Å². The van der Waals surface area contributed by atoms with E-state index in [4.69, 9.17) is 16.3 Å². The molecule has 0 radical (unpaired) electrons. The summed E-state index contributed by atoms with van der Waals surface area (Å²) in [6.07, 6.45) is 0. The van der Waals surface area contributed by atoms with Crippen molar-refractivity contribution >= 4 is 39.8 Å². The average Bonchev–Trinajstić information content (AvgIpc) is 2.75. The summed E-state index contributed by atoms with van der Waals surface area (Å²) in [5.41, 5.74) is 3.04. The predicted octanol–water partition coefficient (Wildman–Crippen LogP) is 4.33. The van der Waals surface area contributed by atoms with Gasteiger partial charge in [-0.3, -0.25) is 0 Å². The Bertz CT molecular complexity index is 640. The van der Waals surface area contributed by atoms with Crippen LogP contribution in [0.5, 0.6) is 0 Å². The third kappa shape index (κ3) is 3.11. The number of carbonyl (C=O) groups excluding carboxylic acids is 1. The lowest BCUT2D eigenvalue weighted by Gasteiger charge is -2.10. The van der Waals surface area contributed by atoms with Gasteiger partial charge < -0.3 is 10.1 Å². The maximum absolute atomic E-state index is 12.0. The van der Waals surface area contributed by atoms with Gasteiger partial charge in [0.15, 0.2) is 0 Å². The van der Waals surface area contributed by atoms with Crippen LogP contribution >= 0.6 is 23.1 Å². The fourth-order valence-electron chi connectivity index (χ4n) is 1.75. The molecule has 2 rings (SSSR count). The van der Waals surface area contributed by atoms with Gasteiger partial charge in [-0.2, -0.15) is 4.37 Å². The van der Waals surface area contributed by atoms with Gasteiger partial charge in [-0.1, -0.05) is 17.7 Å². The zero-order valence-corrected chi connectivity index (χ0v) is 13.1. The Morgan fingerprint density at radius 2 is 2.20 bits per heavy atom.